The molecule has 10 aromatic rings. The van der Waals surface area contributed by atoms with Crippen molar-refractivity contribution in [1.29, 1.82) is 5.26 Å². The first kappa shape index (κ1) is 71.7. The van der Waals surface area contributed by atoms with Crippen LogP contribution in [0, 0.1) is 29.2 Å². The van der Waals surface area contributed by atoms with Gasteiger partial charge in [0.15, 0.2) is 6.19 Å². The Bertz CT molecular complexity index is 4180. The van der Waals surface area contributed by atoms with Crippen molar-refractivity contribution in [3.63, 3.8) is 0 Å². The number of pyridine rings is 6. The summed E-state index contributed by atoms with van der Waals surface area (Å²) in [5.41, 5.74) is 6.94. The molecule has 0 bridgehead atoms. The molecule has 3 fully saturated rings. The largest absolute Gasteiger partial charge is 0.463 e. The van der Waals surface area contributed by atoms with Gasteiger partial charge in [-0.2, -0.15) is 5.26 Å². The standard InChI is InChI=1S/C19H23N3O4.C15H14N4O2.C14H15N3O2.C10H8N2O3.C6H6N2O.C6H5NO/c1-19(2,3)25-18(24)22-9-6-13(12-22)10-16(23)17-11-15(21-26-17)14-4-7-20-8-5-14;16-10-19-6-3-11(9-19)7-14(20)15-8-13(18-21-15)12-1-4-17-5-2-12;18-13(7-10-1-4-16-9-10)14-8-12(17-19-14)11-2-5-15-6-3-11;1-14-10(13)9-6-8(12-15-9)7-2-4-11-5-3-7;9-8-5-6-1-3-7-4-2-6;8-5-6-1-3-7-4-2-6/h4-5,7-8,11,13H,6,9-10,12H2,1-3H3;1-2,4-5,8,11H,3,6-7,9H2;2-3,5-6,8,10,16H,1,4,7,9H2;2-6H,1H3;1-5,9H;1-5H/b;;;;8-5+;/t13-;11-;10-;;;/m000.../s1. The highest BCUT2D eigenvalue weighted by Gasteiger charge is 2.32. The highest BCUT2D eigenvalue weighted by Crippen LogP contribution is 2.28. The lowest BCUT2D eigenvalue weighted by molar-refractivity contribution is 0.0286. The Kier molecular flexibility index (Phi) is 27.1. The molecular weight excluding hydrogens is 1260 g/mol. The highest BCUT2D eigenvalue weighted by molar-refractivity contribution is 5.96. The third kappa shape index (κ3) is 22.8. The zero-order valence-corrected chi connectivity index (χ0v) is 54.1. The van der Waals surface area contributed by atoms with E-state index >= 15 is 0 Å². The van der Waals surface area contributed by atoms with E-state index < -0.39 is 11.6 Å². The van der Waals surface area contributed by atoms with E-state index in [1.807, 2.05) is 57.2 Å². The number of hydrogen-bond donors (Lipinski definition) is 2. The number of amides is 1. The fourth-order valence-electron chi connectivity index (χ4n) is 9.84. The normalized spacial score (nSPS) is 15.2. The number of nitrogens with one attached hydrogen (secondary N) is 1. The highest BCUT2D eigenvalue weighted by atomic mass is 16.6. The maximum absolute atomic E-state index is 12.5. The molecular formula is C70H71N15O13. The summed E-state index contributed by atoms with van der Waals surface area (Å²) in [4.78, 5) is 96.5. The smallest absolute Gasteiger partial charge is 0.410 e. The number of carbonyl (C=O) groups excluding carboxylic acids is 6. The van der Waals surface area contributed by atoms with E-state index in [0.717, 1.165) is 73.0 Å². The average Bonchev–Trinajstić information content (AvgIpc) is 1.74. The van der Waals surface area contributed by atoms with Crippen LogP contribution in [0.2, 0.25) is 0 Å². The molecule has 0 spiro atoms. The summed E-state index contributed by atoms with van der Waals surface area (Å²) in [6.45, 7) is 9.93. The van der Waals surface area contributed by atoms with Crippen LogP contribution in [0.3, 0.4) is 0 Å². The van der Waals surface area contributed by atoms with Gasteiger partial charge in [-0.3, -0.25) is 49.1 Å². The van der Waals surface area contributed by atoms with E-state index in [0.29, 0.717) is 78.9 Å². The van der Waals surface area contributed by atoms with Crippen molar-refractivity contribution < 1.29 is 61.5 Å². The van der Waals surface area contributed by atoms with Crippen LogP contribution < -0.4 is 5.32 Å². The minimum absolute atomic E-state index is 0.0292. The number of ketones is 3. The molecule has 28 nitrogen and oxygen atoms in total. The van der Waals surface area contributed by atoms with Crippen LogP contribution in [0.5, 0.6) is 0 Å². The molecule has 13 rings (SSSR count). The Hall–Kier alpha value is -12.1. The molecule has 0 saturated carbocycles. The van der Waals surface area contributed by atoms with Crippen molar-refractivity contribution in [2.45, 2.75) is 64.9 Å². The summed E-state index contributed by atoms with van der Waals surface area (Å²) in [5, 5.41) is 38.6. The van der Waals surface area contributed by atoms with Crippen LogP contribution in [0.15, 0.2) is 195 Å². The van der Waals surface area contributed by atoms with E-state index in [1.165, 1.54) is 19.4 Å². The van der Waals surface area contributed by atoms with Gasteiger partial charge in [0.05, 0.1) is 13.3 Å². The fourth-order valence-corrected chi connectivity index (χ4v) is 9.84. The third-order valence-corrected chi connectivity index (χ3v) is 14.9. The molecule has 28 heteroatoms. The van der Waals surface area contributed by atoms with E-state index in [2.05, 4.69) is 71.9 Å². The second-order valence-corrected chi connectivity index (χ2v) is 23.2. The topological polar surface area (TPSA) is 377 Å². The monoisotopic (exact) mass is 1330 g/mol. The van der Waals surface area contributed by atoms with Crippen molar-refractivity contribution in [3.05, 3.63) is 206 Å². The molecule has 3 atom stereocenters. The van der Waals surface area contributed by atoms with Gasteiger partial charge in [0, 0.05) is 172 Å². The van der Waals surface area contributed by atoms with Crippen LogP contribution in [-0.4, -0.2) is 159 Å². The summed E-state index contributed by atoms with van der Waals surface area (Å²) in [6.07, 6.45) is 27.6. The zero-order chi connectivity index (χ0) is 69.5. The second-order valence-electron chi connectivity index (χ2n) is 23.2. The molecule has 0 radical (unpaired) electrons. The molecule has 2 N–H and O–H groups in total. The predicted octanol–water partition coefficient (Wildman–Crippen LogP) is 10.9. The number of methoxy groups -OCH3 is 1. The maximum atomic E-state index is 12.5. The molecule has 1 amide bonds. The molecule has 98 heavy (non-hydrogen) atoms. The number of Topliss-reactive ketones (excluding diaryl/α,β-unsaturated/α-hetero) is 3. The lowest BCUT2D eigenvalue weighted by Crippen LogP contribution is -2.35. The minimum atomic E-state index is -0.539. The van der Waals surface area contributed by atoms with Crippen molar-refractivity contribution in [3.8, 4) is 51.2 Å². The predicted molar refractivity (Wildman–Crippen MR) is 353 cm³/mol. The molecule has 3 aliphatic rings. The quantitative estimate of drug-likeness (QED) is 0.0173. The van der Waals surface area contributed by atoms with Gasteiger partial charge < -0.3 is 47.9 Å². The number of aromatic nitrogens is 10. The van der Waals surface area contributed by atoms with Gasteiger partial charge in [0.2, 0.25) is 40.4 Å². The minimum Gasteiger partial charge on any atom is -0.463 e. The summed E-state index contributed by atoms with van der Waals surface area (Å²) in [7, 11) is 1.29. The summed E-state index contributed by atoms with van der Waals surface area (Å²) >= 11 is 0. The van der Waals surface area contributed by atoms with Crippen LogP contribution in [0.1, 0.15) is 117 Å². The number of hydrogen-bond acceptors (Lipinski definition) is 27. The van der Waals surface area contributed by atoms with Gasteiger partial charge >= 0.3 is 12.1 Å². The number of nitriles is 1. The van der Waals surface area contributed by atoms with Gasteiger partial charge in [-0.25, -0.2) is 9.59 Å². The molecule has 3 saturated heterocycles. The Morgan fingerprint density at radius 3 is 1.30 bits per heavy atom. The number of nitrogens with zero attached hydrogens (tertiary/aromatic N) is 14. The number of likely N-dealkylation sites (tertiary alicyclic amines) is 2. The van der Waals surface area contributed by atoms with E-state index in [-0.39, 0.29) is 52.6 Å². The van der Waals surface area contributed by atoms with Gasteiger partial charge in [-0.05, 0) is 149 Å². The van der Waals surface area contributed by atoms with Gasteiger partial charge in [0.1, 0.15) is 34.7 Å². The molecule has 10 aromatic heterocycles. The fraction of sp³-hybridized carbons (Fsp3) is 0.286. The molecule has 13 heterocycles. The number of rotatable bonds is 16. The summed E-state index contributed by atoms with van der Waals surface area (Å²) < 4.78 is 30.2. The van der Waals surface area contributed by atoms with Gasteiger partial charge in [0.25, 0.3) is 0 Å². The van der Waals surface area contributed by atoms with E-state index in [9.17, 15) is 28.8 Å². The summed E-state index contributed by atoms with van der Waals surface area (Å²) in [5.74, 6) is 1.01. The first-order valence-electron chi connectivity index (χ1n) is 31.0. The van der Waals surface area contributed by atoms with Crippen LogP contribution in [0.25, 0.3) is 45.0 Å². The number of carbonyl (C=O) groups is 6. The van der Waals surface area contributed by atoms with E-state index in [1.54, 1.807) is 139 Å². The van der Waals surface area contributed by atoms with Crippen molar-refractivity contribution in [1.82, 2.24) is 65.6 Å². The van der Waals surface area contributed by atoms with Crippen molar-refractivity contribution >= 4 is 41.9 Å². The first-order chi connectivity index (χ1) is 47.6. The molecule has 0 aromatic carbocycles. The first-order valence-corrected chi connectivity index (χ1v) is 31.0. The van der Waals surface area contributed by atoms with Crippen LogP contribution in [-0.2, 0) is 9.47 Å². The Labute approximate surface area is 563 Å². The number of ether oxygens (including phenoxy) is 2. The van der Waals surface area contributed by atoms with Crippen LogP contribution in [0.4, 0.5) is 4.79 Å². The molecule has 3 aliphatic heterocycles. The van der Waals surface area contributed by atoms with Crippen molar-refractivity contribution in [2.75, 3.05) is 46.4 Å². The Balaban J connectivity index is 0.000000156. The van der Waals surface area contributed by atoms with Gasteiger partial charge in [-0.15, -0.1) is 0 Å². The number of oxime groups is 1. The van der Waals surface area contributed by atoms with E-state index in [4.69, 9.17) is 33.3 Å². The SMILES string of the molecule is CC(C)(C)OC(=O)N1CC[C@@H](CC(=O)c2cc(-c3ccncc3)no2)C1.COC(=O)c1cc(-c2ccncc2)no1.N#CN1CC[C@@H](CC(=O)c2cc(-c3ccncc3)no2)C1.O/N=C/c1ccncc1.O=C(C[C@@H]1CCNC1)c1cc(-c2ccncc2)no1.O=Cc1ccncc1. The average molecular weight is 1330 g/mol. The van der Waals surface area contributed by atoms with Crippen LogP contribution >= 0.6 is 0 Å². The lowest BCUT2D eigenvalue weighted by atomic mass is 10.0. The lowest BCUT2D eigenvalue weighted by Gasteiger charge is -2.24. The number of aldehydes is 1. The summed E-state index contributed by atoms with van der Waals surface area (Å²) in [6, 6.07) is 27.8. The molecule has 0 aliphatic carbocycles. The third-order valence-electron chi connectivity index (χ3n) is 14.9. The molecule has 0 unspecified atom stereocenters. The second kappa shape index (κ2) is 37.1. The Morgan fingerprint density at radius 2 is 0.939 bits per heavy atom. The van der Waals surface area contributed by atoms with Gasteiger partial charge in [-0.1, -0.05) is 25.8 Å². The zero-order valence-electron chi connectivity index (χ0n) is 54.1. The maximum Gasteiger partial charge on any atom is 0.410 e. The molecule has 504 valence electrons. The Morgan fingerprint density at radius 1 is 0.561 bits per heavy atom. The number of esters is 1. The van der Waals surface area contributed by atoms with Crippen molar-refractivity contribution in [2.24, 2.45) is 22.9 Å².